The molecule has 0 atom stereocenters. The van der Waals surface area contributed by atoms with Crippen molar-refractivity contribution in [3.63, 3.8) is 0 Å². The van der Waals surface area contributed by atoms with Crippen molar-refractivity contribution in [1.82, 2.24) is 0 Å². The summed E-state index contributed by atoms with van der Waals surface area (Å²) in [5, 5.41) is 9.01. The van der Waals surface area contributed by atoms with Gasteiger partial charge in [-0.25, -0.2) is 4.79 Å². The number of aromatic carboxylic acids is 1. The summed E-state index contributed by atoms with van der Waals surface area (Å²) in [5.74, 6) is -0.826. The summed E-state index contributed by atoms with van der Waals surface area (Å²) >= 11 is 2.26. The van der Waals surface area contributed by atoms with Gasteiger partial charge >= 0.3 is 5.97 Å². The highest BCUT2D eigenvalue weighted by molar-refractivity contribution is 14.1. The fourth-order valence-corrected chi connectivity index (χ4v) is 2.33. The van der Waals surface area contributed by atoms with Crippen molar-refractivity contribution in [2.45, 2.75) is 26.7 Å². The second-order valence-electron chi connectivity index (χ2n) is 3.11. The summed E-state index contributed by atoms with van der Waals surface area (Å²) < 4.78 is 1.16. The average molecular weight is 304 g/mol. The van der Waals surface area contributed by atoms with E-state index in [1.54, 1.807) is 6.07 Å². The third-order valence-corrected chi connectivity index (χ3v) is 3.27. The van der Waals surface area contributed by atoms with Crippen LogP contribution < -0.4 is 0 Å². The van der Waals surface area contributed by atoms with Crippen LogP contribution >= 0.6 is 22.6 Å². The third-order valence-electron chi connectivity index (χ3n) is 2.26. The van der Waals surface area contributed by atoms with Gasteiger partial charge in [-0.3, -0.25) is 0 Å². The lowest BCUT2D eigenvalue weighted by Crippen LogP contribution is -2.04. The third kappa shape index (κ3) is 2.26. The number of benzene rings is 1. The quantitative estimate of drug-likeness (QED) is 0.871. The van der Waals surface area contributed by atoms with Gasteiger partial charge < -0.3 is 5.11 Å². The van der Waals surface area contributed by atoms with E-state index in [0.717, 1.165) is 27.5 Å². The number of halogens is 1. The van der Waals surface area contributed by atoms with Crippen molar-refractivity contribution in [3.05, 3.63) is 32.4 Å². The molecule has 1 N–H and O–H groups in total. The number of carbonyl (C=O) groups is 1. The van der Waals surface area contributed by atoms with Gasteiger partial charge in [0.15, 0.2) is 0 Å². The molecule has 1 aromatic rings. The molecule has 14 heavy (non-hydrogen) atoms. The number of hydrogen-bond donors (Lipinski definition) is 1. The molecule has 0 bridgehead atoms. The highest BCUT2D eigenvalue weighted by atomic mass is 127. The Kier molecular flexibility index (Phi) is 3.92. The Morgan fingerprint density at radius 2 is 1.86 bits per heavy atom. The van der Waals surface area contributed by atoms with E-state index in [4.69, 9.17) is 5.11 Å². The standard InChI is InChI=1S/C11H13IO2/c1-3-7-6-10(12)8(4-2)5-9(7)11(13)14/h5-6H,3-4H2,1-2H3,(H,13,14). The molecule has 0 aliphatic rings. The van der Waals surface area contributed by atoms with Gasteiger partial charge in [0.05, 0.1) is 5.56 Å². The molecule has 1 rings (SSSR count). The van der Waals surface area contributed by atoms with Gasteiger partial charge in [0, 0.05) is 3.57 Å². The maximum absolute atomic E-state index is 11.0. The lowest BCUT2D eigenvalue weighted by Gasteiger charge is -2.08. The van der Waals surface area contributed by atoms with E-state index in [1.807, 2.05) is 19.9 Å². The molecule has 0 saturated carbocycles. The summed E-state index contributed by atoms with van der Waals surface area (Å²) in [6.45, 7) is 4.01. The van der Waals surface area contributed by atoms with Crippen molar-refractivity contribution in [2.75, 3.05) is 0 Å². The zero-order valence-corrected chi connectivity index (χ0v) is 10.5. The Labute approximate surface area is 97.5 Å². The minimum absolute atomic E-state index is 0.449. The molecule has 0 saturated heterocycles. The smallest absolute Gasteiger partial charge is 0.335 e. The van der Waals surface area contributed by atoms with Gasteiger partial charge in [0.2, 0.25) is 0 Å². The molecule has 76 valence electrons. The van der Waals surface area contributed by atoms with Crippen molar-refractivity contribution in [2.24, 2.45) is 0 Å². The van der Waals surface area contributed by atoms with Gasteiger partial charge in [0.25, 0.3) is 0 Å². The first-order valence-electron chi connectivity index (χ1n) is 4.64. The minimum atomic E-state index is -0.826. The van der Waals surface area contributed by atoms with Crippen LogP contribution in [0.4, 0.5) is 0 Å². The van der Waals surface area contributed by atoms with E-state index in [2.05, 4.69) is 22.6 Å². The normalized spacial score (nSPS) is 10.2. The molecule has 0 amide bonds. The Morgan fingerprint density at radius 3 is 2.29 bits per heavy atom. The monoisotopic (exact) mass is 304 g/mol. The Morgan fingerprint density at radius 1 is 1.29 bits per heavy atom. The van der Waals surface area contributed by atoms with E-state index >= 15 is 0 Å². The second kappa shape index (κ2) is 4.77. The highest BCUT2D eigenvalue weighted by Crippen LogP contribution is 2.20. The van der Waals surface area contributed by atoms with Crippen molar-refractivity contribution < 1.29 is 9.90 Å². The first kappa shape index (κ1) is 11.5. The van der Waals surface area contributed by atoms with Gasteiger partial charge in [-0.15, -0.1) is 0 Å². The van der Waals surface area contributed by atoms with Crippen LogP contribution in [0.1, 0.15) is 35.3 Å². The SMILES string of the molecule is CCc1cc(C(=O)O)c(CC)cc1I. The summed E-state index contributed by atoms with van der Waals surface area (Å²) in [5.41, 5.74) is 2.48. The van der Waals surface area contributed by atoms with Crippen molar-refractivity contribution in [3.8, 4) is 0 Å². The van der Waals surface area contributed by atoms with Crippen molar-refractivity contribution >= 4 is 28.6 Å². The van der Waals surface area contributed by atoms with Crippen molar-refractivity contribution in [1.29, 1.82) is 0 Å². The van der Waals surface area contributed by atoms with Gasteiger partial charge in [0.1, 0.15) is 0 Å². The van der Waals surface area contributed by atoms with Crippen LogP contribution in [0.3, 0.4) is 0 Å². The fourth-order valence-electron chi connectivity index (χ4n) is 1.42. The van der Waals surface area contributed by atoms with Gasteiger partial charge in [-0.2, -0.15) is 0 Å². The maximum Gasteiger partial charge on any atom is 0.335 e. The predicted molar refractivity (Wildman–Crippen MR) is 64.9 cm³/mol. The molecule has 0 aliphatic heterocycles. The number of rotatable bonds is 3. The van der Waals surface area contributed by atoms with E-state index in [-0.39, 0.29) is 0 Å². The van der Waals surface area contributed by atoms with Crippen LogP contribution in [0.25, 0.3) is 0 Å². The molecule has 0 aliphatic carbocycles. The van der Waals surface area contributed by atoms with Crippen LogP contribution in [-0.2, 0) is 12.8 Å². The van der Waals surface area contributed by atoms with Crippen LogP contribution in [0.5, 0.6) is 0 Å². The largest absolute Gasteiger partial charge is 0.478 e. The number of aryl methyl sites for hydroxylation is 2. The van der Waals surface area contributed by atoms with Crippen LogP contribution in [0.2, 0.25) is 0 Å². The topological polar surface area (TPSA) is 37.3 Å². The molecule has 0 spiro atoms. The predicted octanol–water partition coefficient (Wildman–Crippen LogP) is 3.11. The van der Waals surface area contributed by atoms with Crippen LogP contribution in [0, 0.1) is 3.57 Å². The number of hydrogen-bond acceptors (Lipinski definition) is 1. The van der Waals surface area contributed by atoms with Gasteiger partial charge in [-0.1, -0.05) is 13.8 Å². The summed E-state index contributed by atoms with van der Waals surface area (Å²) in [6.07, 6.45) is 1.64. The van der Waals surface area contributed by atoms with Gasteiger partial charge in [-0.05, 0) is 58.7 Å². The first-order valence-corrected chi connectivity index (χ1v) is 5.72. The molecule has 0 aromatic heterocycles. The summed E-state index contributed by atoms with van der Waals surface area (Å²) in [4.78, 5) is 11.0. The number of carboxylic acids is 1. The Hall–Kier alpha value is -0.580. The second-order valence-corrected chi connectivity index (χ2v) is 4.28. The van der Waals surface area contributed by atoms with E-state index in [0.29, 0.717) is 5.56 Å². The Balaban J connectivity index is 3.32. The first-order chi connectivity index (χ1) is 6.60. The molecule has 0 unspecified atom stereocenters. The Bertz CT molecular complexity index is 359. The highest BCUT2D eigenvalue weighted by Gasteiger charge is 2.11. The molecular weight excluding hydrogens is 291 g/mol. The molecule has 2 nitrogen and oxygen atoms in total. The lowest BCUT2D eigenvalue weighted by molar-refractivity contribution is 0.0695. The summed E-state index contributed by atoms with van der Waals surface area (Å²) in [6, 6.07) is 3.77. The molecule has 0 fully saturated rings. The molecular formula is C11H13IO2. The lowest BCUT2D eigenvalue weighted by atomic mass is 10.0. The average Bonchev–Trinajstić information content (AvgIpc) is 2.16. The molecule has 0 radical (unpaired) electrons. The molecule has 0 heterocycles. The van der Waals surface area contributed by atoms with E-state index in [1.165, 1.54) is 0 Å². The summed E-state index contributed by atoms with van der Waals surface area (Å²) in [7, 11) is 0. The van der Waals surface area contributed by atoms with Crippen LogP contribution in [0.15, 0.2) is 12.1 Å². The fraction of sp³-hybridized carbons (Fsp3) is 0.364. The minimum Gasteiger partial charge on any atom is -0.478 e. The zero-order chi connectivity index (χ0) is 10.7. The van der Waals surface area contributed by atoms with E-state index in [9.17, 15) is 4.79 Å². The van der Waals surface area contributed by atoms with E-state index < -0.39 is 5.97 Å². The zero-order valence-electron chi connectivity index (χ0n) is 8.30. The molecule has 1 aromatic carbocycles. The maximum atomic E-state index is 11.0. The molecule has 3 heteroatoms. The number of carboxylic acid groups (broad SMARTS) is 1. The van der Waals surface area contributed by atoms with Crippen LogP contribution in [-0.4, -0.2) is 11.1 Å².